The van der Waals surface area contributed by atoms with E-state index in [4.69, 9.17) is 9.47 Å². The molecule has 0 aromatic carbocycles. The van der Waals surface area contributed by atoms with Crippen molar-refractivity contribution in [3.05, 3.63) is 24.7 Å². The van der Waals surface area contributed by atoms with Gasteiger partial charge in [-0.25, -0.2) is 0 Å². The number of hydrogen-bond acceptors (Lipinski definition) is 2. The molecule has 0 N–H and O–H groups in total. The van der Waals surface area contributed by atoms with Gasteiger partial charge in [0.1, 0.15) is 6.10 Å². The number of rotatable bonds is 1. The van der Waals surface area contributed by atoms with Gasteiger partial charge in [-0.2, -0.15) is 0 Å². The molecule has 66 valence electrons. The molecule has 2 aliphatic rings. The maximum Gasteiger partial charge on any atom is 0.104 e. The maximum absolute atomic E-state index is 5.52. The second kappa shape index (κ2) is 3.65. The van der Waals surface area contributed by atoms with Crippen molar-refractivity contribution in [2.45, 2.75) is 25.4 Å². The maximum atomic E-state index is 5.52. The molecule has 2 heteroatoms. The molecule has 0 saturated heterocycles. The average molecular weight is 166 g/mol. The molecule has 0 saturated carbocycles. The molecule has 0 aliphatic carbocycles. The van der Waals surface area contributed by atoms with Crippen LogP contribution in [0.3, 0.4) is 0 Å². The summed E-state index contributed by atoms with van der Waals surface area (Å²) in [5.41, 5.74) is 0. The summed E-state index contributed by atoms with van der Waals surface area (Å²) in [6, 6.07) is 0. The van der Waals surface area contributed by atoms with Gasteiger partial charge in [0.25, 0.3) is 0 Å². The molecule has 0 aromatic rings. The second-order valence-corrected chi connectivity index (χ2v) is 3.32. The largest absolute Gasteiger partial charge is 0.501 e. The van der Waals surface area contributed by atoms with Gasteiger partial charge in [0.15, 0.2) is 0 Å². The highest BCUT2D eigenvalue weighted by Crippen LogP contribution is 2.24. The quantitative estimate of drug-likeness (QED) is 0.594. The Bertz CT molecular complexity index is 174. The van der Waals surface area contributed by atoms with Crippen molar-refractivity contribution in [1.82, 2.24) is 0 Å². The van der Waals surface area contributed by atoms with Crippen LogP contribution in [0.4, 0.5) is 0 Å². The fourth-order valence-electron chi connectivity index (χ4n) is 1.70. The second-order valence-electron chi connectivity index (χ2n) is 3.32. The van der Waals surface area contributed by atoms with Crippen molar-refractivity contribution in [2.24, 2.45) is 5.92 Å². The fraction of sp³-hybridized carbons (Fsp3) is 0.600. The first kappa shape index (κ1) is 7.71. The van der Waals surface area contributed by atoms with E-state index in [9.17, 15) is 0 Å². The van der Waals surface area contributed by atoms with E-state index < -0.39 is 0 Å². The summed E-state index contributed by atoms with van der Waals surface area (Å²) in [4.78, 5) is 0. The standard InChI is InChI=1S/C10H14O2/c1-2-7-12-10(5-1)9-4-3-6-11-8-9/h2-3,6-7,9-10H,1,4-5,8H2. The molecule has 0 amide bonds. The Morgan fingerprint density at radius 1 is 1.17 bits per heavy atom. The molecule has 0 fully saturated rings. The highest BCUT2D eigenvalue weighted by molar-refractivity contribution is 4.91. The Labute approximate surface area is 72.9 Å². The zero-order chi connectivity index (χ0) is 8.23. The molecule has 0 aromatic heterocycles. The lowest BCUT2D eigenvalue weighted by Crippen LogP contribution is -2.28. The van der Waals surface area contributed by atoms with Crippen molar-refractivity contribution >= 4 is 0 Å². The van der Waals surface area contributed by atoms with Crippen LogP contribution in [0.25, 0.3) is 0 Å². The number of hydrogen-bond donors (Lipinski definition) is 0. The normalized spacial score (nSPS) is 34.0. The molecule has 2 rings (SSSR count). The summed E-state index contributed by atoms with van der Waals surface area (Å²) in [5, 5.41) is 0. The fourth-order valence-corrected chi connectivity index (χ4v) is 1.70. The van der Waals surface area contributed by atoms with E-state index in [0.29, 0.717) is 12.0 Å². The Balaban J connectivity index is 1.90. The minimum absolute atomic E-state index is 0.375. The van der Waals surface area contributed by atoms with Crippen LogP contribution in [0.5, 0.6) is 0 Å². The van der Waals surface area contributed by atoms with E-state index in [0.717, 1.165) is 25.9 Å². The lowest BCUT2D eigenvalue weighted by molar-refractivity contribution is 0.0286. The van der Waals surface area contributed by atoms with Crippen molar-refractivity contribution in [1.29, 1.82) is 0 Å². The van der Waals surface area contributed by atoms with Gasteiger partial charge in [0.05, 0.1) is 19.1 Å². The van der Waals surface area contributed by atoms with Crippen LogP contribution in [0.15, 0.2) is 24.7 Å². The first-order valence-corrected chi connectivity index (χ1v) is 4.54. The van der Waals surface area contributed by atoms with Crippen LogP contribution in [0.2, 0.25) is 0 Å². The highest BCUT2D eigenvalue weighted by Gasteiger charge is 2.24. The van der Waals surface area contributed by atoms with Crippen LogP contribution in [0, 0.1) is 5.92 Å². The molecule has 2 unspecified atom stereocenters. The molecule has 0 radical (unpaired) electrons. The summed E-state index contributed by atoms with van der Waals surface area (Å²) in [5.74, 6) is 0.556. The summed E-state index contributed by atoms with van der Waals surface area (Å²) < 4.78 is 10.8. The van der Waals surface area contributed by atoms with E-state index in [1.165, 1.54) is 0 Å². The van der Waals surface area contributed by atoms with Gasteiger partial charge < -0.3 is 9.47 Å². The molecule has 2 aliphatic heterocycles. The van der Waals surface area contributed by atoms with Crippen molar-refractivity contribution < 1.29 is 9.47 Å². The van der Waals surface area contributed by atoms with Crippen LogP contribution < -0.4 is 0 Å². The zero-order valence-electron chi connectivity index (χ0n) is 7.11. The molecule has 2 heterocycles. The molecule has 2 atom stereocenters. The Hall–Kier alpha value is -0.920. The van der Waals surface area contributed by atoms with E-state index in [1.54, 1.807) is 6.26 Å². The van der Waals surface area contributed by atoms with Crippen LogP contribution >= 0.6 is 0 Å². The number of ether oxygens (including phenoxy) is 2. The summed E-state index contributed by atoms with van der Waals surface area (Å²) in [7, 11) is 0. The third kappa shape index (κ3) is 1.63. The van der Waals surface area contributed by atoms with Gasteiger partial charge >= 0.3 is 0 Å². The molecular weight excluding hydrogens is 152 g/mol. The first-order valence-electron chi connectivity index (χ1n) is 4.54. The highest BCUT2D eigenvalue weighted by atomic mass is 16.5. The SMILES string of the molecule is C1=COC(C2CC=COC2)CC1. The molecular formula is C10H14O2. The monoisotopic (exact) mass is 166 g/mol. The summed E-state index contributed by atoms with van der Waals surface area (Å²) >= 11 is 0. The van der Waals surface area contributed by atoms with Gasteiger partial charge in [-0.3, -0.25) is 0 Å². The van der Waals surface area contributed by atoms with E-state index in [-0.39, 0.29) is 0 Å². The molecule has 12 heavy (non-hydrogen) atoms. The number of allylic oxidation sites excluding steroid dienone is 2. The minimum atomic E-state index is 0.375. The average Bonchev–Trinajstić information content (AvgIpc) is 2.21. The smallest absolute Gasteiger partial charge is 0.104 e. The Kier molecular flexibility index (Phi) is 2.35. The third-order valence-electron chi connectivity index (χ3n) is 2.43. The minimum Gasteiger partial charge on any atom is -0.501 e. The lowest BCUT2D eigenvalue weighted by atomic mass is 9.94. The Morgan fingerprint density at radius 3 is 2.83 bits per heavy atom. The zero-order valence-corrected chi connectivity index (χ0v) is 7.11. The van der Waals surface area contributed by atoms with Crippen molar-refractivity contribution in [3.8, 4) is 0 Å². The van der Waals surface area contributed by atoms with Crippen molar-refractivity contribution in [3.63, 3.8) is 0 Å². The lowest BCUT2D eigenvalue weighted by Gasteiger charge is -2.28. The van der Waals surface area contributed by atoms with E-state index in [1.807, 2.05) is 6.26 Å². The Morgan fingerprint density at radius 2 is 2.17 bits per heavy atom. The van der Waals surface area contributed by atoms with Crippen LogP contribution in [-0.2, 0) is 9.47 Å². The molecule has 2 nitrogen and oxygen atoms in total. The van der Waals surface area contributed by atoms with Gasteiger partial charge in [-0.05, 0) is 31.4 Å². The predicted octanol–water partition coefficient (Wildman–Crippen LogP) is 2.23. The first-order chi connectivity index (χ1) is 5.97. The molecule has 0 spiro atoms. The summed E-state index contributed by atoms with van der Waals surface area (Å²) in [6.45, 7) is 0.814. The van der Waals surface area contributed by atoms with Crippen LogP contribution in [0.1, 0.15) is 19.3 Å². The van der Waals surface area contributed by atoms with Crippen LogP contribution in [-0.4, -0.2) is 12.7 Å². The molecule has 0 bridgehead atoms. The van der Waals surface area contributed by atoms with E-state index in [2.05, 4.69) is 12.2 Å². The van der Waals surface area contributed by atoms with Gasteiger partial charge in [0.2, 0.25) is 0 Å². The van der Waals surface area contributed by atoms with E-state index >= 15 is 0 Å². The third-order valence-corrected chi connectivity index (χ3v) is 2.43. The predicted molar refractivity (Wildman–Crippen MR) is 46.4 cm³/mol. The van der Waals surface area contributed by atoms with Crippen molar-refractivity contribution in [2.75, 3.05) is 6.61 Å². The van der Waals surface area contributed by atoms with Gasteiger partial charge in [-0.1, -0.05) is 0 Å². The van der Waals surface area contributed by atoms with Gasteiger partial charge in [0, 0.05) is 5.92 Å². The summed E-state index contributed by atoms with van der Waals surface area (Å²) in [6.07, 6.45) is 11.5. The van der Waals surface area contributed by atoms with Gasteiger partial charge in [-0.15, -0.1) is 0 Å². The topological polar surface area (TPSA) is 18.5 Å².